The summed E-state index contributed by atoms with van der Waals surface area (Å²) in [6.45, 7) is 2.97. The van der Waals surface area contributed by atoms with E-state index in [4.69, 9.17) is 10.5 Å². The molecule has 98 valence electrons. The Hall–Kier alpha value is -1.55. The van der Waals surface area contributed by atoms with Crippen LogP contribution < -0.4 is 15.8 Å². The average Bonchev–Trinajstić information content (AvgIpc) is 2.40. The molecule has 0 saturated carbocycles. The average molecular weight is 248 g/mol. The van der Waals surface area contributed by atoms with E-state index in [1.165, 1.54) is 12.8 Å². The van der Waals surface area contributed by atoms with Crippen LogP contribution in [0.5, 0.6) is 5.75 Å². The summed E-state index contributed by atoms with van der Waals surface area (Å²) in [7, 11) is 0. The number of rotatable bonds is 5. The van der Waals surface area contributed by atoms with E-state index < -0.39 is 5.91 Å². The Morgan fingerprint density at radius 1 is 1.39 bits per heavy atom. The van der Waals surface area contributed by atoms with Crippen molar-refractivity contribution in [3.05, 3.63) is 29.8 Å². The number of carbonyl (C=O) groups is 1. The maximum absolute atomic E-state index is 10.9. The zero-order valence-electron chi connectivity index (χ0n) is 10.5. The van der Waals surface area contributed by atoms with E-state index in [2.05, 4.69) is 5.32 Å². The van der Waals surface area contributed by atoms with Crippen molar-refractivity contribution < 1.29 is 9.53 Å². The molecule has 0 radical (unpaired) electrons. The lowest BCUT2D eigenvalue weighted by atomic mass is 9.97. The molecule has 0 spiro atoms. The Labute approximate surface area is 108 Å². The Morgan fingerprint density at radius 2 is 2.17 bits per heavy atom. The first-order chi connectivity index (χ1) is 8.75. The third-order valence-corrected chi connectivity index (χ3v) is 3.33. The first-order valence-electron chi connectivity index (χ1n) is 6.49. The number of primary amides is 1. The van der Waals surface area contributed by atoms with Crippen molar-refractivity contribution in [3.63, 3.8) is 0 Å². The van der Waals surface area contributed by atoms with Gasteiger partial charge in [0.05, 0.1) is 6.61 Å². The SMILES string of the molecule is NC(=O)c1ccc(OCCC2CCCNC2)cc1. The van der Waals surface area contributed by atoms with Gasteiger partial charge in [-0.2, -0.15) is 0 Å². The highest BCUT2D eigenvalue weighted by Gasteiger charge is 2.12. The molecule has 18 heavy (non-hydrogen) atoms. The van der Waals surface area contributed by atoms with E-state index in [0.717, 1.165) is 37.8 Å². The van der Waals surface area contributed by atoms with Crippen molar-refractivity contribution in [1.29, 1.82) is 0 Å². The molecule has 1 aliphatic heterocycles. The van der Waals surface area contributed by atoms with Gasteiger partial charge in [0.25, 0.3) is 0 Å². The minimum Gasteiger partial charge on any atom is -0.494 e. The Kier molecular flexibility index (Phi) is 4.59. The quantitative estimate of drug-likeness (QED) is 0.831. The molecular weight excluding hydrogens is 228 g/mol. The number of amides is 1. The number of nitrogens with two attached hydrogens (primary N) is 1. The highest BCUT2D eigenvalue weighted by Crippen LogP contribution is 2.16. The van der Waals surface area contributed by atoms with E-state index in [0.29, 0.717) is 5.56 Å². The van der Waals surface area contributed by atoms with Gasteiger partial charge in [-0.1, -0.05) is 0 Å². The molecule has 1 saturated heterocycles. The molecule has 2 rings (SSSR count). The fourth-order valence-electron chi connectivity index (χ4n) is 2.23. The van der Waals surface area contributed by atoms with E-state index >= 15 is 0 Å². The van der Waals surface area contributed by atoms with Crippen molar-refractivity contribution in [2.24, 2.45) is 11.7 Å². The van der Waals surface area contributed by atoms with Crippen LogP contribution in [-0.2, 0) is 0 Å². The number of hydrogen-bond acceptors (Lipinski definition) is 3. The van der Waals surface area contributed by atoms with Gasteiger partial charge in [-0.05, 0) is 62.5 Å². The van der Waals surface area contributed by atoms with Crippen LogP contribution in [0.1, 0.15) is 29.6 Å². The number of benzene rings is 1. The maximum atomic E-state index is 10.9. The molecule has 3 N–H and O–H groups in total. The topological polar surface area (TPSA) is 64.4 Å². The van der Waals surface area contributed by atoms with Gasteiger partial charge >= 0.3 is 0 Å². The lowest BCUT2D eigenvalue weighted by molar-refractivity contribution is 0.100. The Morgan fingerprint density at radius 3 is 2.78 bits per heavy atom. The summed E-state index contributed by atoms with van der Waals surface area (Å²) in [6.07, 6.45) is 3.62. The predicted molar refractivity (Wildman–Crippen MR) is 70.7 cm³/mol. The normalized spacial score (nSPS) is 19.4. The minimum absolute atomic E-state index is 0.408. The number of carbonyl (C=O) groups excluding carboxylic acids is 1. The fourth-order valence-corrected chi connectivity index (χ4v) is 2.23. The van der Waals surface area contributed by atoms with E-state index in [1.807, 2.05) is 0 Å². The summed E-state index contributed by atoms with van der Waals surface area (Å²) in [6, 6.07) is 6.97. The van der Waals surface area contributed by atoms with E-state index in [9.17, 15) is 4.79 Å². The standard InChI is InChI=1S/C14H20N2O2/c15-14(17)12-3-5-13(6-4-12)18-9-7-11-2-1-8-16-10-11/h3-6,11,16H,1-2,7-10H2,(H2,15,17). The van der Waals surface area contributed by atoms with Crippen molar-refractivity contribution in [2.75, 3.05) is 19.7 Å². The lowest BCUT2D eigenvalue weighted by Crippen LogP contribution is -2.30. The molecule has 1 aliphatic rings. The van der Waals surface area contributed by atoms with Gasteiger partial charge in [0, 0.05) is 5.56 Å². The molecule has 1 unspecified atom stereocenters. The van der Waals surface area contributed by atoms with Crippen LogP contribution >= 0.6 is 0 Å². The first kappa shape index (κ1) is 12.9. The summed E-state index contributed by atoms with van der Waals surface area (Å²) >= 11 is 0. The molecule has 1 heterocycles. The summed E-state index contributed by atoms with van der Waals surface area (Å²) in [5.41, 5.74) is 5.69. The third-order valence-electron chi connectivity index (χ3n) is 3.33. The molecule has 1 amide bonds. The molecule has 1 aromatic carbocycles. The Bertz CT molecular complexity index is 383. The third kappa shape index (κ3) is 3.74. The zero-order valence-corrected chi connectivity index (χ0v) is 10.5. The van der Waals surface area contributed by atoms with Crippen molar-refractivity contribution in [2.45, 2.75) is 19.3 Å². The largest absolute Gasteiger partial charge is 0.494 e. The molecule has 0 aliphatic carbocycles. The fraction of sp³-hybridized carbons (Fsp3) is 0.500. The molecule has 1 aromatic rings. The van der Waals surface area contributed by atoms with Gasteiger partial charge in [0.15, 0.2) is 0 Å². The van der Waals surface area contributed by atoms with Crippen molar-refractivity contribution in [3.8, 4) is 5.75 Å². The molecular formula is C14H20N2O2. The van der Waals surface area contributed by atoms with Crippen molar-refractivity contribution >= 4 is 5.91 Å². The number of nitrogens with one attached hydrogen (secondary N) is 1. The summed E-state index contributed by atoms with van der Waals surface area (Å²) in [5, 5.41) is 3.40. The number of piperidine rings is 1. The van der Waals surface area contributed by atoms with Crippen LogP contribution in [0, 0.1) is 5.92 Å². The van der Waals surface area contributed by atoms with Crippen molar-refractivity contribution in [1.82, 2.24) is 5.32 Å². The van der Waals surface area contributed by atoms with Gasteiger partial charge < -0.3 is 15.8 Å². The number of ether oxygens (including phenoxy) is 1. The van der Waals surface area contributed by atoms with Crippen LogP contribution in [0.4, 0.5) is 0 Å². The summed E-state index contributed by atoms with van der Waals surface area (Å²) in [4.78, 5) is 10.9. The molecule has 4 heteroatoms. The lowest BCUT2D eigenvalue weighted by Gasteiger charge is -2.22. The van der Waals surface area contributed by atoms with Crippen LogP contribution in [0.2, 0.25) is 0 Å². The zero-order chi connectivity index (χ0) is 12.8. The predicted octanol–water partition coefficient (Wildman–Crippen LogP) is 1.55. The monoisotopic (exact) mass is 248 g/mol. The summed E-state index contributed by atoms with van der Waals surface area (Å²) in [5.74, 6) is 1.11. The van der Waals surface area contributed by atoms with E-state index in [-0.39, 0.29) is 0 Å². The van der Waals surface area contributed by atoms with Gasteiger partial charge in [-0.3, -0.25) is 4.79 Å². The number of hydrogen-bond donors (Lipinski definition) is 2. The van der Waals surface area contributed by atoms with Crippen LogP contribution in [0.15, 0.2) is 24.3 Å². The smallest absolute Gasteiger partial charge is 0.248 e. The molecule has 4 nitrogen and oxygen atoms in total. The summed E-state index contributed by atoms with van der Waals surface area (Å²) < 4.78 is 5.66. The highest BCUT2D eigenvalue weighted by atomic mass is 16.5. The van der Waals surface area contributed by atoms with Gasteiger partial charge in [0.1, 0.15) is 5.75 Å². The van der Waals surface area contributed by atoms with Crippen LogP contribution in [-0.4, -0.2) is 25.6 Å². The second kappa shape index (κ2) is 6.40. The van der Waals surface area contributed by atoms with Gasteiger partial charge in [-0.25, -0.2) is 0 Å². The Balaban J connectivity index is 1.74. The molecule has 1 atom stereocenters. The van der Waals surface area contributed by atoms with Crippen LogP contribution in [0.25, 0.3) is 0 Å². The second-order valence-corrected chi connectivity index (χ2v) is 4.74. The first-order valence-corrected chi connectivity index (χ1v) is 6.49. The van der Waals surface area contributed by atoms with Crippen LogP contribution in [0.3, 0.4) is 0 Å². The minimum atomic E-state index is -0.408. The van der Waals surface area contributed by atoms with Gasteiger partial charge in [-0.15, -0.1) is 0 Å². The maximum Gasteiger partial charge on any atom is 0.248 e. The molecule has 1 fully saturated rings. The highest BCUT2D eigenvalue weighted by molar-refractivity contribution is 5.92. The molecule has 0 bridgehead atoms. The second-order valence-electron chi connectivity index (χ2n) is 4.74. The molecule has 0 aromatic heterocycles. The van der Waals surface area contributed by atoms with Gasteiger partial charge in [0.2, 0.25) is 5.91 Å². The van der Waals surface area contributed by atoms with E-state index in [1.54, 1.807) is 24.3 Å².